The van der Waals surface area contributed by atoms with Crippen LogP contribution in [0.1, 0.15) is 44.1 Å². The van der Waals surface area contributed by atoms with Crippen LogP contribution in [0.3, 0.4) is 0 Å². The molecule has 1 saturated heterocycles. The first-order valence-electron chi connectivity index (χ1n) is 10.7. The topological polar surface area (TPSA) is 101 Å². The Kier molecular flexibility index (Phi) is 7.27. The SMILES string of the molecule is CN1C[C@@H](C(O)=CCCc2ccccc2)N(CCCC2(CCP(=O)(O)O)CC2)C1=O. The minimum Gasteiger partial charge on any atom is -0.510 e. The number of aliphatic hydroxyl groups is 1. The number of carbonyl (C=O) groups excluding carboxylic acids is 1. The molecule has 1 saturated carbocycles. The Morgan fingerprint density at radius 3 is 2.57 bits per heavy atom. The molecule has 1 atom stereocenters. The quantitative estimate of drug-likeness (QED) is 0.360. The molecule has 0 bridgehead atoms. The normalized spacial score (nSPS) is 21.4. The second kappa shape index (κ2) is 9.54. The number of likely N-dealkylation sites (N-methyl/N-ethyl adjacent to an activating group) is 1. The van der Waals surface area contributed by atoms with Crippen LogP contribution in [0, 0.1) is 5.41 Å². The van der Waals surface area contributed by atoms with Gasteiger partial charge in [0.25, 0.3) is 0 Å². The van der Waals surface area contributed by atoms with E-state index in [1.165, 1.54) is 5.56 Å². The van der Waals surface area contributed by atoms with Crippen LogP contribution in [0.25, 0.3) is 0 Å². The molecule has 3 rings (SSSR count). The molecule has 1 aliphatic heterocycles. The third-order valence-electron chi connectivity index (χ3n) is 6.36. The molecule has 7 nitrogen and oxygen atoms in total. The van der Waals surface area contributed by atoms with Gasteiger partial charge in [-0.1, -0.05) is 30.3 Å². The highest BCUT2D eigenvalue weighted by molar-refractivity contribution is 7.51. The number of hydrogen-bond acceptors (Lipinski definition) is 3. The number of nitrogens with zero attached hydrogens (tertiary/aromatic N) is 2. The van der Waals surface area contributed by atoms with E-state index in [9.17, 15) is 14.5 Å². The smallest absolute Gasteiger partial charge is 0.325 e. The molecule has 1 aliphatic carbocycles. The van der Waals surface area contributed by atoms with Gasteiger partial charge >= 0.3 is 13.6 Å². The van der Waals surface area contributed by atoms with Gasteiger partial charge in [-0.3, -0.25) is 4.57 Å². The Bertz CT molecular complexity index is 803. The zero-order chi connectivity index (χ0) is 21.8. The summed E-state index contributed by atoms with van der Waals surface area (Å²) in [5, 5.41) is 10.6. The molecule has 0 unspecified atom stereocenters. The summed E-state index contributed by atoms with van der Waals surface area (Å²) in [5.74, 6) is 0.242. The summed E-state index contributed by atoms with van der Waals surface area (Å²) >= 11 is 0. The first-order chi connectivity index (χ1) is 14.2. The Morgan fingerprint density at radius 2 is 1.93 bits per heavy atom. The molecule has 1 aromatic carbocycles. The van der Waals surface area contributed by atoms with Crippen molar-refractivity contribution in [1.29, 1.82) is 0 Å². The van der Waals surface area contributed by atoms with Crippen molar-refractivity contribution in [2.45, 2.75) is 51.0 Å². The largest absolute Gasteiger partial charge is 0.510 e. The average Bonchev–Trinajstić information content (AvgIpc) is 3.42. The first kappa shape index (κ1) is 22.9. The molecule has 0 radical (unpaired) electrons. The van der Waals surface area contributed by atoms with E-state index in [1.54, 1.807) is 16.8 Å². The third kappa shape index (κ3) is 6.34. The fourth-order valence-electron chi connectivity index (χ4n) is 4.27. The summed E-state index contributed by atoms with van der Waals surface area (Å²) in [6.45, 7) is 1.01. The average molecular weight is 436 g/mol. The van der Waals surface area contributed by atoms with E-state index in [-0.39, 0.29) is 29.4 Å². The van der Waals surface area contributed by atoms with Crippen LogP contribution in [0.15, 0.2) is 42.2 Å². The minimum atomic E-state index is -3.96. The number of carbonyl (C=O) groups is 1. The van der Waals surface area contributed by atoms with Crippen LogP contribution < -0.4 is 0 Å². The maximum absolute atomic E-state index is 12.6. The van der Waals surface area contributed by atoms with Crippen LogP contribution in [0.2, 0.25) is 0 Å². The summed E-state index contributed by atoms with van der Waals surface area (Å²) in [6.07, 6.45) is 7.46. The number of aryl methyl sites for hydroxylation is 1. The van der Waals surface area contributed by atoms with Crippen LogP contribution in [0.4, 0.5) is 4.79 Å². The monoisotopic (exact) mass is 436 g/mol. The van der Waals surface area contributed by atoms with Crippen LogP contribution in [-0.4, -0.2) is 63.1 Å². The first-order valence-corrected chi connectivity index (χ1v) is 12.5. The van der Waals surface area contributed by atoms with Gasteiger partial charge < -0.3 is 24.7 Å². The Morgan fingerprint density at radius 1 is 1.23 bits per heavy atom. The molecule has 2 fully saturated rings. The van der Waals surface area contributed by atoms with Crippen molar-refractivity contribution in [3.05, 3.63) is 47.7 Å². The van der Waals surface area contributed by atoms with Crippen LogP contribution in [-0.2, 0) is 11.0 Å². The minimum absolute atomic E-state index is 0.0266. The third-order valence-corrected chi connectivity index (χ3v) is 7.17. The fraction of sp³-hybridized carbons (Fsp3) is 0.591. The van der Waals surface area contributed by atoms with Gasteiger partial charge in [0, 0.05) is 20.1 Å². The molecule has 30 heavy (non-hydrogen) atoms. The van der Waals surface area contributed by atoms with Crippen LogP contribution >= 0.6 is 7.60 Å². The van der Waals surface area contributed by atoms with E-state index >= 15 is 0 Å². The summed E-state index contributed by atoms with van der Waals surface area (Å²) in [4.78, 5) is 34.2. The number of benzene rings is 1. The number of urea groups is 1. The highest BCUT2D eigenvalue weighted by atomic mass is 31.2. The van der Waals surface area contributed by atoms with Crippen molar-refractivity contribution in [3.8, 4) is 0 Å². The number of hydrogen-bond donors (Lipinski definition) is 3. The summed E-state index contributed by atoms with van der Waals surface area (Å²) in [7, 11) is -2.22. The van der Waals surface area contributed by atoms with Crippen molar-refractivity contribution >= 4 is 13.6 Å². The second-order valence-corrected chi connectivity index (χ2v) is 10.5. The molecule has 1 aromatic rings. The summed E-state index contributed by atoms with van der Waals surface area (Å²) in [5.41, 5.74) is 1.24. The van der Waals surface area contributed by atoms with Crippen molar-refractivity contribution in [2.24, 2.45) is 5.41 Å². The lowest BCUT2D eigenvalue weighted by Gasteiger charge is -2.24. The van der Waals surface area contributed by atoms with Gasteiger partial charge in [-0.25, -0.2) is 4.79 Å². The fourth-order valence-corrected chi connectivity index (χ4v) is 5.04. The highest BCUT2D eigenvalue weighted by Crippen LogP contribution is 2.55. The molecule has 2 amide bonds. The van der Waals surface area contributed by atoms with E-state index in [0.29, 0.717) is 25.9 Å². The number of aliphatic hydroxyl groups excluding tert-OH is 1. The van der Waals surface area contributed by atoms with Crippen molar-refractivity contribution in [2.75, 3.05) is 26.3 Å². The molecule has 1 heterocycles. The second-order valence-electron chi connectivity index (χ2n) is 8.77. The van der Waals surface area contributed by atoms with Gasteiger partial charge in [0.15, 0.2) is 0 Å². The number of allylic oxidation sites excluding steroid dienone is 1. The zero-order valence-electron chi connectivity index (χ0n) is 17.6. The molecular formula is C22H33N2O5P. The highest BCUT2D eigenvalue weighted by Gasteiger charge is 2.43. The number of amides is 2. The van der Waals surface area contributed by atoms with Crippen molar-refractivity contribution in [3.63, 3.8) is 0 Å². The van der Waals surface area contributed by atoms with Crippen molar-refractivity contribution < 1.29 is 24.3 Å². The Labute approximate surface area is 178 Å². The molecule has 8 heteroatoms. The maximum atomic E-state index is 12.6. The molecule has 166 valence electrons. The van der Waals surface area contributed by atoms with Gasteiger partial charge in [0.1, 0.15) is 11.8 Å². The molecule has 3 N–H and O–H groups in total. The van der Waals surface area contributed by atoms with Gasteiger partial charge in [-0.15, -0.1) is 0 Å². The molecule has 0 aromatic heterocycles. The zero-order valence-corrected chi connectivity index (χ0v) is 18.5. The van der Waals surface area contributed by atoms with Gasteiger partial charge in [-0.2, -0.15) is 0 Å². The molecular weight excluding hydrogens is 403 g/mol. The van der Waals surface area contributed by atoms with E-state index in [1.807, 2.05) is 24.3 Å². The molecule has 2 aliphatic rings. The lowest BCUT2D eigenvalue weighted by Crippen LogP contribution is -2.36. The predicted octanol–water partition coefficient (Wildman–Crippen LogP) is 3.93. The van der Waals surface area contributed by atoms with E-state index < -0.39 is 7.60 Å². The van der Waals surface area contributed by atoms with Gasteiger partial charge in [-0.05, 0) is 62.0 Å². The van der Waals surface area contributed by atoms with Gasteiger partial charge in [0.05, 0.1) is 6.16 Å². The van der Waals surface area contributed by atoms with Gasteiger partial charge in [0.2, 0.25) is 0 Å². The lowest BCUT2D eigenvalue weighted by atomic mass is 9.97. The standard InChI is InChI=1S/C22H33N2O5P/c1-23-17-19(20(25)10-5-9-18-7-3-2-4-8-18)24(21(23)26)15-6-11-22(12-13-22)14-16-30(27,28)29/h2-4,7-8,10,19,25H,5-6,9,11-17H2,1H3,(H2,27,28,29)/t19-/m0/s1. The molecule has 0 spiro atoms. The predicted molar refractivity (Wildman–Crippen MR) is 116 cm³/mol. The van der Waals surface area contributed by atoms with Crippen molar-refractivity contribution in [1.82, 2.24) is 9.80 Å². The summed E-state index contributed by atoms with van der Waals surface area (Å²) < 4.78 is 11.2. The lowest BCUT2D eigenvalue weighted by molar-refractivity contribution is 0.183. The Balaban J connectivity index is 1.51. The van der Waals surface area contributed by atoms with E-state index in [4.69, 9.17) is 9.79 Å². The number of rotatable bonds is 11. The van der Waals surface area contributed by atoms with Crippen LogP contribution in [0.5, 0.6) is 0 Å². The maximum Gasteiger partial charge on any atom is 0.325 e. The Hall–Kier alpha value is -1.82. The summed E-state index contributed by atoms with van der Waals surface area (Å²) in [6, 6.07) is 9.68. The van der Waals surface area contributed by atoms with E-state index in [2.05, 4.69) is 12.1 Å². The van der Waals surface area contributed by atoms with E-state index in [0.717, 1.165) is 32.1 Å².